The number of carbonyl (C=O) groups excluding carboxylic acids is 1. The summed E-state index contributed by atoms with van der Waals surface area (Å²) in [5.41, 5.74) is 2.20. The number of aryl methyl sites for hydroxylation is 2. The van der Waals surface area contributed by atoms with Crippen LogP contribution >= 0.6 is 11.3 Å². The van der Waals surface area contributed by atoms with Gasteiger partial charge in [0.15, 0.2) is 5.43 Å². The summed E-state index contributed by atoms with van der Waals surface area (Å²) < 4.78 is 11.8. The summed E-state index contributed by atoms with van der Waals surface area (Å²) in [4.78, 5) is 28.8. The smallest absolute Gasteiger partial charge is 0.297 e. The van der Waals surface area contributed by atoms with Gasteiger partial charge in [-0.2, -0.15) is 0 Å². The minimum absolute atomic E-state index is 0.0504. The normalized spacial score (nSPS) is 15.3. The number of amides is 1. The van der Waals surface area contributed by atoms with Gasteiger partial charge in [0.25, 0.3) is 5.91 Å². The standard InChI is InChI=1S/C25H23N3O4S/c1-4-11-31-16-8-6-7-15(13-16)21-20-22(29)17-12-14(3)9-10-18(17)32-23(20)24(30)28(21)25-27-26-19(5-2)33-25/h6-10,12-13,21H,4-5,11H2,1-3H3. The number of nitrogens with zero attached hydrogens (tertiary/aromatic N) is 3. The fourth-order valence-electron chi connectivity index (χ4n) is 4.08. The third kappa shape index (κ3) is 3.60. The van der Waals surface area contributed by atoms with Crippen LogP contribution in [0, 0.1) is 6.92 Å². The molecule has 1 amide bonds. The van der Waals surface area contributed by atoms with Gasteiger partial charge in [0.2, 0.25) is 10.9 Å². The van der Waals surface area contributed by atoms with E-state index in [4.69, 9.17) is 9.15 Å². The molecule has 2 aromatic heterocycles. The van der Waals surface area contributed by atoms with Crippen molar-refractivity contribution >= 4 is 33.3 Å². The van der Waals surface area contributed by atoms with E-state index in [1.54, 1.807) is 12.1 Å². The highest BCUT2D eigenvalue weighted by atomic mass is 32.1. The lowest BCUT2D eigenvalue weighted by atomic mass is 9.98. The van der Waals surface area contributed by atoms with Crippen molar-refractivity contribution in [2.75, 3.05) is 11.5 Å². The van der Waals surface area contributed by atoms with Gasteiger partial charge in [0.1, 0.15) is 16.3 Å². The highest BCUT2D eigenvalue weighted by molar-refractivity contribution is 7.15. The Labute approximate surface area is 194 Å². The molecule has 8 heteroatoms. The van der Waals surface area contributed by atoms with Crippen LogP contribution in [0.1, 0.15) is 58.6 Å². The Morgan fingerprint density at radius 1 is 1.12 bits per heavy atom. The van der Waals surface area contributed by atoms with Crippen molar-refractivity contribution in [3.8, 4) is 5.75 Å². The van der Waals surface area contributed by atoms with Crippen molar-refractivity contribution in [1.29, 1.82) is 0 Å². The number of aromatic nitrogens is 2. The highest BCUT2D eigenvalue weighted by Gasteiger charge is 2.45. The molecule has 5 rings (SSSR count). The molecule has 2 aromatic carbocycles. The predicted octanol–water partition coefficient (Wildman–Crippen LogP) is 5.05. The summed E-state index contributed by atoms with van der Waals surface area (Å²) >= 11 is 1.34. The summed E-state index contributed by atoms with van der Waals surface area (Å²) in [6.45, 7) is 6.52. The van der Waals surface area contributed by atoms with E-state index in [2.05, 4.69) is 10.2 Å². The number of anilines is 1. The molecule has 0 aliphatic carbocycles. The number of hydrogen-bond donors (Lipinski definition) is 0. The van der Waals surface area contributed by atoms with Gasteiger partial charge in [-0.05, 0) is 49.6 Å². The van der Waals surface area contributed by atoms with Crippen molar-refractivity contribution in [1.82, 2.24) is 10.2 Å². The topological polar surface area (TPSA) is 85.5 Å². The highest BCUT2D eigenvalue weighted by Crippen LogP contribution is 2.42. The molecule has 1 unspecified atom stereocenters. The van der Waals surface area contributed by atoms with E-state index < -0.39 is 11.9 Å². The lowest BCUT2D eigenvalue weighted by Crippen LogP contribution is -2.29. The molecule has 1 atom stereocenters. The maximum absolute atomic E-state index is 13.7. The number of hydrogen-bond acceptors (Lipinski definition) is 7. The first kappa shape index (κ1) is 21.3. The van der Waals surface area contributed by atoms with Gasteiger partial charge in [-0.15, -0.1) is 10.2 Å². The fourth-order valence-corrected chi connectivity index (χ4v) is 4.88. The molecule has 3 heterocycles. The van der Waals surface area contributed by atoms with Crippen LogP contribution in [0.5, 0.6) is 5.75 Å². The summed E-state index contributed by atoms with van der Waals surface area (Å²) in [6, 6.07) is 12.2. The van der Waals surface area contributed by atoms with E-state index in [0.29, 0.717) is 40.4 Å². The molecule has 168 valence electrons. The molecule has 7 nitrogen and oxygen atoms in total. The predicted molar refractivity (Wildman–Crippen MR) is 127 cm³/mol. The maximum Gasteiger partial charge on any atom is 0.297 e. The SMILES string of the molecule is CCCOc1cccc(C2c3c(oc4ccc(C)cc4c3=O)C(=O)N2c2nnc(CC)s2)c1. The van der Waals surface area contributed by atoms with Crippen molar-refractivity contribution < 1.29 is 13.9 Å². The average molecular weight is 462 g/mol. The maximum atomic E-state index is 13.7. The minimum Gasteiger partial charge on any atom is -0.494 e. The van der Waals surface area contributed by atoms with Crippen molar-refractivity contribution in [2.24, 2.45) is 0 Å². The Bertz CT molecular complexity index is 1420. The van der Waals surface area contributed by atoms with Gasteiger partial charge >= 0.3 is 0 Å². The number of benzene rings is 2. The zero-order chi connectivity index (χ0) is 23.1. The molecule has 0 saturated heterocycles. The third-order valence-corrected chi connectivity index (χ3v) is 6.70. The quantitative estimate of drug-likeness (QED) is 0.399. The Kier molecular flexibility index (Phi) is 5.46. The number of carbonyl (C=O) groups is 1. The van der Waals surface area contributed by atoms with Crippen LogP contribution in [0.3, 0.4) is 0 Å². The summed E-state index contributed by atoms with van der Waals surface area (Å²) in [6.07, 6.45) is 1.58. The van der Waals surface area contributed by atoms with Crippen LogP contribution in [-0.2, 0) is 6.42 Å². The van der Waals surface area contributed by atoms with Gasteiger partial charge in [0, 0.05) is 0 Å². The second-order valence-corrected chi connectivity index (χ2v) is 9.04. The molecule has 0 saturated carbocycles. The monoisotopic (exact) mass is 461 g/mol. The largest absolute Gasteiger partial charge is 0.494 e. The summed E-state index contributed by atoms with van der Waals surface area (Å²) in [5.74, 6) is 0.338. The van der Waals surface area contributed by atoms with Crippen molar-refractivity contribution in [3.63, 3.8) is 0 Å². The van der Waals surface area contributed by atoms with Crippen LogP contribution in [-0.4, -0.2) is 22.7 Å². The Morgan fingerprint density at radius 2 is 1.97 bits per heavy atom. The molecule has 0 N–H and O–H groups in total. The molecule has 0 bridgehead atoms. The second kappa shape index (κ2) is 8.44. The lowest BCUT2D eigenvalue weighted by Gasteiger charge is -2.22. The first-order valence-electron chi connectivity index (χ1n) is 11.0. The molecular formula is C25H23N3O4S. The average Bonchev–Trinajstić information content (AvgIpc) is 3.41. The van der Waals surface area contributed by atoms with E-state index >= 15 is 0 Å². The van der Waals surface area contributed by atoms with Crippen LogP contribution in [0.15, 0.2) is 51.7 Å². The van der Waals surface area contributed by atoms with Gasteiger partial charge in [0.05, 0.1) is 23.6 Å². The molecule has 4 aromatic rings. The Hall–Kier alpha value is -3.52. The van der Waals surface area contributed by atoms with Gasteiger partial charge in [-0.25, -0.2) is 0 Å². The van der Waals surface area contributed by atoms with Gasteiger partial charge in [-0.3, -0.25) is 14.5 Å². The van der Waals surface area contributed by atoms with E-state index in [1.807, 2.05) is 51.1 Å². The number of fused-ring (bicyclic) bond motifs is 2. The minimum atomic E-state index is -0.684. The van der Waals surface area contributed by atoms with E-state index in [0.717, 1.165) is 22.6 Å². The summed E-state index contributed by atoms with van der Waals surface area (Å²) in [7, 11) is 0. The van der Waals surface area contributed by atoms with Crippen LogP contribution in [0.2, 0.25) is 0 Å². The molecular weight excluding hydrogens is 438 g/mol. The zero-order valence-electron chi connectivity index (χ0n) is 18.6. The van der Waals surface area contributed by atoms with Crippen LogP contribution in [0.25, 0.3) is 11.0 Å². The molecule has 0 fully saturated rings. The van der Waals surface area contributed by atoms with Crippen molar-refractivity contribution in [3.05, 3.63) is 80.1 Å². The first-order valence-corrected chi connectivity index (χ1v) is 11.8. The van der Waals surface area contributed by atoms with Crippen LogP contribution < -0.4 is 15.1 Å². The molecule has 1 aliphatic rings. The Balaban J connectivity index is 1.75. The number of ether oxygens (including phenoxy) is 1. The van der Waals surface area contributed by atoms with Gasteiger partial charge < -0.3 is 9.15 Å². The van der Waals surface area contributed by atoms with E-state index in [1.165, 1.54) is 16.2 Å². The fraction of sp³-hybridized carbons (Fsp3) is 0.280. The first-order chi connectivity index (χ1) is 16.0. The Morgan fingerprint density at radius 3 is 2.73 bits per heavy atom. The van der Waals surface area contributed by atoms with E-state index in [9.17, 15) is 9.59 Å². The van der Waals surface area contributed by atoms with E-state index in [-0.39, 0.29) is 11.2 Å². The molecule has 1 aliphatic heterocycles. The molecule has 33 heavy (non-hydrogen) atoms. The third-order valence-electron chi connectivity index (χ3n) is 5.64. The zero-order valence-corrected chi connectivity index (χ0v) is 19.4. The molecule has 0 spiro atoms. The number of rotatable bonds is 6. The summed E-state index contributed by atoms with van der Waals surface area (Å²) in [5, 5.41) is 10.2. The second-order valence-electron chi connectivity index (χ2n) is 8.00. The lowest BCUT2D eigenvalue weighted by molar-refractivity contribution is 0.0970. The molecule has 0 radical (unpaired) electrons. The van der Waals surface area contributed by atoms with Gasteiger partial charge in [-0.1, -0.05) is 48.9 Å². The van der Waals surface area contributed by atoms with Crippen LogP contribution in [0.4, 0.5) is 5.13 Å². The van der Waals surface area contributed by atoms with Crippen molar-refractivity contribution in [2.45, 2.75) is 39.7 Å².